The maximum Gasteiger partial charge on any atom is 0.597 e. The largest absolute Gasteiger partial charge is 0.597 e. The molecule has 1 saturated carbocycles. The Kier molecular flexibility index (Phi) is 7.30. The molecule has 0 aliphatic heterocycles. The summed E-state index contributed by atoms with van der Waals surface area (Å²) in [6, 6.07) is 0.500. The van der Waals surface area contributed by atoms with Crippen molar-refractivity contribution in [2.24, 2.45) is 0 Å². The van der Waals surface area contributed by atoms with Crippen molar-refractivity contribution in [2.45, 2.75) is 58.9 Å². The van der Waals surface area contributed by atoms with Gasteiger partial charge in [-0.15, -0.1) is 0 Å². The highest BCUT2D eigenvalue weighted by Crippen LogP contribution is 2.20. The van der Waals surface area contributed by atoms with E-state index in [4.69, 9.17) is 13.3 Å². The van der Waals surface area contributed by atoms with E-state index in [9.17, 15) is 0 Å². The van der Waals surface area contributed by atoms with Gasteiger partial charge in [0, 0.05) is 25.9 Å². The summed E-state index contributed by atoms with van der Waals surface area (Å²) in [6.45, 7) is 7.86. The van der Waals surface area contributed by atoms with E-state index < -0.39 is 8.97 Å². The molecule has 0 aromatic rings. The fraction of sp³-hybridized carbons (Fsp3) is 1.00. The van der Waals surface area contributed by atoms with Crippen LogP contribution in [-0.4, -0.2) is 34.8 Å². The SMILES string of the molecule is CCO[Si](NC1CCCCC1)(OCC)OCC. The fourth-order valence-electron chi connectivity index (χ4n) is 2.32. The molecule has 17 heavy (non-hydrogen) atoms. The van der Waals surface area contributed by atoms with Crippen LogP contribution in [0.15, 0.2) is 0 Å². The molecular weight excluding hydrogens is 234 g/mol. The van der Waals surface area contributed by atoms with Gasteiger partial charge in [0.05, 0.1) is 0 Å². The summed E-state index contributed by atoms with van der Waals surface area (Å²) in [5.74, 6) is 0. The minimum Gasteiger partial charge on any atom is -0.361 e. The van der Waals surface area contributed by atoms with Gasteiger partial charge in [-0.2, -0.15) is 0 Å². The predicted octanol–water partition coefficient (Wildman–Crippen LogP) is 2.45. The van der Waals surface area contributed by atoms with Gasteiger partial charge in [-0.25, -0.2) is 0 Å². The van der Waals surface area contributed by atoms with Gasteiger partial charge in [0.25, 0.3) is 0 Å². The molecule has 0 radical (unpaired) electrons. The third-order valence-electron chi connectivity index (χ3n) is 2.99. The molecule has 0 unspecified atom stereocenters. The van der Waals surface area contributed by atoms with Crippen LogP contribution in [0.1, 0.15) is 52.9 Å². The second-order valence-corrected chi connectivity index (χ2v) is 6.60. The summed E-state index contributed by atoms with van der Waals surface area (Å²) in [7, 11) is -2.63. The Morgan fingerprint density at radius 2 is 1.35 bits per heavy atom. The van der Waals surface area contributed by atoms with Crippen molar-refractivity contribution in [2.75, 3.05) is 19.8 Å². The van der Waals surface area contributed by atoms with E-state index in [1.54, 1.807) is 0 Å². The first-order chi connectivity index (χ1) is 8.26. The van der Waals surface area contributed by atoms with Crippen LogP contribution in [0.3, 0.4) is 0 Å². The highest BCUT2D eigenvalue weighted by Gasteiger charge is 2.43. The van der Waals surface area contributed by atoms with Crippen molar-refractivity contribution in [3.05, 3.63) is 0 Å². The lowest BCUT2D eigenvalue weighted by Crippen LogP contribution is -2.62. The van der Waals surface area contributed by atoms with Gasteiger partial charge >= 0.3 is 8.97 Å². The van der Waals surface area contributed by atoms with Gasteiger partial charge in [-0.3, -0.25) is 4.98 Å². The third kappa shape index (κ3) is 5.05. The van der Waals surface area contributed by atoms with Crippen molar-refractivity contribution in [3.63, 3.8) is 0 Å². The van der Waals surface area contributed by atoms with Crippen molar-refractivity contribution in [1.82, 2.24) is 4.98 Å². The molecule has 0 bridgehead atoms. The highest BCUT2D eigenvalue weighted by atomic mass is 28.4. The monoisotopic (exact) mass is 261 g/mol. The van der Waals surface area contributed by atoms with Crippen LogP contribution in [0.2, 0.25) is 0 Å². The molecule has 4 nitrogen and oxygen atoms in total. The zero-order valence-electron chi connectivity index (χ0n) is 11.5. The Morgan fingerprint density at radius 1 is 0.882 bits per heavy atom. The van der Waals surface area contributed by atoms with Crippen molar-refractivity contribution < 1.29 is 13.3 Å². The number of nitrogens with one attached hydrogen (secondary N) is 1. The topological polar surface area (TPSA) is 39.7 Å². The minimum atomic E-state index is -2.63. The molecule has 1 fully saturated rings. The molecule has 0 spiro atoms. The molecule has 1 aliphatic rings. The molecule has 0 saturated heterocycles. The van der Waals surface area contributed by atoms with Crippen molar-refractivity contribution in [1.29, 1.82) is 0 Å². The summed E-state index contributed by atoms with van der Waals surface area (Å²) in [5, 5.41) is 0. The lowest BCUT2D eigenvalue weighted by atomic mass is 9.96. The van der Waals surface area contributed by atoms with Crippen LogP contribution in [0.4, 0.5) is 0 Å². The lowest BCUT2D eigenvalue weighted by molar-refractivity contribution is 0.0541. The smallest absolute Gasteiger partial charge is 0.361 e. The molecule has 0 amide bonds. The van der Waals surface area contributed by atoms with E-state index in [0.29, 0.717) is 25.9 Å². The van der Waals surface area contributed by atoms with Crippen LogP contribution >= 0.6 is 0 Å². The van der Waals surface area contributed by atoms with Gasteiger partial charge in [0.1, 0.15) is 0 Å². The highest BCUT2D eigenvalue weighted by molar-refractivity contribution is 6.58. The molecular formula is C12H27NO3Si. The molecule has 0 aromatic carbocycles. The van der Waals surface area contributed by atoms with Crippen molar-refractivity contribution >= 4 is 8.97 Å². The van der Waals surface area contributed by atoms with Gasteiger partial charge < -0.3 is 13.3 Å². The Bertz CT molecular complexity index is 181. The molecule has 102 valence electrons. The molecule has 0 atom stereocenters. The lowest BCUT2D eigenvalue weighted by Gasteiger charge is -2.33. The molecule has 0 aromatic heterocycles. The summed E-state index contributed by atoms with van der Waals surface area (Å²) < 4.78 is 17.4. The number of hydrogen-bond donors (Lipinski definition) is 1. The molecule has 1 aliphatic carbocycles. The zero-order chi connectivity index (χ0) is 12.6. The summed E-state index contributed by atoms with van der Waals surface area (Å²) in [4.78, 5) is 3.54. The van der Waals surface area contributed by atoms with E-state index >= 15 is 0 Å². The van der Waals surface area contributed by atoms with E-state index in [1.165, 1.54) is 32.1 Å². The summed E-state index contributed by atoms with van der Waals surface area (Å²) >= 11 is 0. The first-order valence-electron chi connectivity index (χ1n) is 6.95. The first-order valence-corrected chi connectivity index (χ1v) is 8.68. The summed E-state index contributed by atoms with van der Waals surface area (Å²) in [5.41, 5.74) is 0. The van der Waals surface area contributed by atoms with Crippen LogP contribution in [0, 0.1) is 0 Å². The Balaban J connectivity index is 2.57. The van der Waals surface area contributed by atoms with Crippen LogP contribution < -0.4 is 4.98 Å². The summed E-state index contributed by atoms with van der Waals surface area (Å²) in [6.07, 6.45) is 6.37. The van der Waals surface area contributed by atoms with Crippen molar-refractivity contribution in [3.8, 4) is 0 Å². The Labute approximate surface area is 106 Å². The number of rotatable bonds is 8. The van der Waals surface area contributed by atoms with E-state index in [-0.39, 0.29) is 0 Å². The Hall–Kier alpha value is 0.0569. The molecule has 1 N–H and O–H groups in total. The fourth-order valence-corrected chi connectivity index (χ4v) is 4.75. The molecule has 0 heterocycles. The zero-order valence-corrected chi connectivity index (χ0v) is 12.5. The second-order valence-electron chi connectivity index (χ2n) is 4.33. The first kappa shape index (κ1) is 15.1. The Morgan fingerprint density at radius 3 is 1.76 bits per heavy atom. The second kappa shape index (κ2) is 8.21. The average Bonchev–Trinajstić information content (AvgIpc) is 2.31. The van der Waals surface area contributed by atoms with Crippen LogP contribution in [-0.2, 0) is 13.3 Å². The van der Waals surface area contributed by atoms with Gasteiger partial charge in [-0.05, 0) is 33.6 Å². The van der Waals surface area contributed by atoms with Gasteiger partial charge in [-0.1, -0.05) is 19.3 Å². The third-order valence-corrected chi connectivity index (χ3v) is 5.76. The predicted molar refractivity (Wildman–Crippen MR) is 70.6 cm³/mol. The van der Waals surface area contributed by atoms with Gasteiger partial charge in [0.15, 0.2) is 0 Å². The quantitative estimate of drug-likeness (QED) is 0.681. The minimum absolute atomic E-state index is 0.500. The maximum absolute atomic E-state index is 5.80. The normalized spacial score (nSPS) is 18.5. The standard InChI is InChI=1S/C12H27NO3Si/c1-4-14-17(15-5-2,16-6-3)13-12-10-8-7-9-11-12/h12-13H,4-11H2,1-3H3. The van der Waals surface area contributed by atoms with Crippen LogP contribution in [0.5, 0.6) is 0 Å². The van der Waals surface area contributed by atoms with E-state index in [2.05, 4.69) is 4.98 Å². The molecule has 1 rings (SSSR count). The maximum atomic E-state index is 5.80. The van der Waals surface area contributed by atoms with E-state index in [1.807, 2.05) is 20.8 Å². The van der Waals surface area contributed by atoms with Gasteiger partial charge in [0.2, 0.25) is 0 Å². The molecule has 5 heteroatoms. The van der Waals surface area contributed by atoms with E-state index in [0.717, 1.165) is 0 Å². The average molecular weight is 261 g/mol. The number of hydrogen-bond acceptors (Lipinski definition) is 4. The van der Waals surface area contributed by atoms with Crippen LogP contribution in [0.25, 0.3) is 0 Å².